The monoisotopic (exact) mass is 348 g/mol. The van der Waals surface area contributed by atoms with Crippen LogP contribution in [0.25, 0.3) is 10.9 Å². The fourth-order valence-electron chi connectivity index (χ4n) is 4.59. The molecule has 0 N–H and O–H groups in total. The van der Waals surface area contributed by atoms with Crippen LogP contribution < -0.4 is 0 Å². The zero-order valence-electron chi connectivity index (χ0n) is 14.9. The summed E-state index contributed by atoms with van der Waals surface area (Å²) in [6.45, 7) is 6.82. The van der Waals surface area contributed by atoms with Gasteiger partial charge in [0.2, 0.25) is 0 Å². The molecule has 0 spiro atoms. The van der Waals surface area contributed by atoms with Crippen LogP contribution in [0.2, 0.25) is 0 Å². The van der Waals surface area contributed by atoms with Crippen molar-refractivity contribution >= 4 is 23.3 Å². The van der Waals surface area contributed by atoms with E-state index in [4.69, 9.17) is 4.74 Å². The van der Waals surface area contributed by atoms with Crippen LogP contribution in [0.4, 0.5) is 0 Å². The number of likely N-dealkylation sites (tertiary alicyclic amines) is 1. The Morgan fingerprint density at radius 2 is 1.88 bits per heavy atom. The summed E-state index contributed by atoms with van der Waals surface area (Å²) in [5, 5.41) is 1.41. The van der Waals surface area contributed by atoms with Gasteiger partial charge in [0.25, 0.3) is 0 Å². The number of piperidine rings is 1. The van der Waals surface area contributed by atoms with Crippen molar-refractivity contribution in [1.82, 2.24) is 9.47 Å². The Kier molecular flexibility index (Phi) is 5.24. The lowest BCUT2D eigenvalue weighted by atomic mass is 9.89. The van der Waals surface area contributed by atoms with Crippen molar-refractivity contribution in [3.63, 3.8) is 0 Å². The molecule has 4 rings (SSSR count). The van der Waals surface area contributed by atoms with Crippen LogP contribution in [0.15, 0.2) is 24.3 Å². The van der Waals surface area contributed by atoms with Crippen molar-refractivity contribution in [2.24, 2.45) is 7.05 Å². The molecule has 0 saturated carbocycles. The highest BCUT2D eigenvalue weighted by molar-refractivity contribution is 5.86. The Bertz CT molecular complexity index is 705. The standard InChI is InChI=1S/C20H28N2O.ClH/c1-20(11-14-22-12-6-3-7-13-22)19-17(10-15-23-20)16-8-4-5-9-18(16)21(19)2;/h4-5,8-9H,3,6-7,10-15H2,1-2H3;1H. The van der Waals surface area contributed by atoms with E-state index in [1.807, 2.05) is 0 Å². The molecule has 2 aliphatic heterocycles. The molecule has 24 heavy (non-hydrogen) atoms. The van der Waals surface area contributed by atoms with Gasteiger partial charge in [-0.1, -0.05) is 24.6 Å². The van der Waals surface area contributed by atoms with Crippen molar-refractivity contribution in [3.8, 4) is 0 Å². The molecule has 2 aromatic rings. The van der Waals surface area contributed by atoms with E-state index < -0.39 is 0 Å². The number of nitrogens with zero attached hydrogens (tertiary/aromatic N) is 2. The van der Waals surface area contributed by atoms with Gasteiger partial charge in [0.1, 0.15) is 5.60 Å². The van der Waals surface area contributed by atoms with Crippen LogP contribution in [0, 0.1) is 0 Å². The number of rotatable bonds is 3. The number of hydrogen-bond donors (Lipinski definition) is 0. The third-order valence-electron chi connectivity index (χ3n) is 5.84. The van der Waals surface area contributed by atoms with Crippen molar-refractivity contribution in [2.45, 2.75) is 44.6 Å². The predicted octanol–water partition coefficient (Wildman–Crippen LogP) is 4.26. The zero-order valence-corrected chi connectivity index (χ0v) is 15.7. The Morgan fingerprint density at radius 1 is 1.12 bits per heavy atom. The van der Waals surface area contributed by atoms with Gasteiger partial charge in [-0.05, 0) is 57.3 Å². The lowest BCUT2D eigenvalue weighted by molar-refractivity contribution is -0.0623. The summed E-state index contributed by atoms with van der Waals surface area (Å²) in [7, 11) is 2.20. The maximum Gasteiger partial charge on any atom is 0.107 e. The van der Waals surface area contributed by atoms with Crippen molar-refractivity contribution in [2.75, 3.05) is 26.2 Å². The summed E-state index contributed by atoms with van der Waals surface area (Å²) in [5.74, 6) is 0. The van der Waals surface area contributed by atoms with Gasteiger partial charge in [-0.3, -0.25) is 0 Å². The van der Waals surface area contributed by atoms with Crippen LogP contribution >= 0.6 is 12.4 Å². The molecule has 0 radical (unpaired) electrons. The second-order valence-corrected chi connectivity index (χ2v) is 7.38. The first-order valence-electron chi connectivity index (χ1n) is 9.12. The van der Waals surface area contributed by atoms with Gasteiger partial charge in [-0.15, -0.1) is 12.4 Å². The summed E-state index contributed by atoms with van der Waals surface area (Å²) >= 11 is 0. The quantitative estimate of drug-likeness (QED) is 0.824. The van der Waals surface area contributed by atoms with E-state index in [9.17, 15) is 0 Å². The summed E-state index contributed by atoms with van der Waals surface area (Å²) in [4.78, 5) is 2.62. The molecule has 3 heterocycles. The van der Waals surface area contributed by atoms with E-state index in [1.165, 1.54) is 54.5 Å². The molecular formula is C20H29ClN2O. The van der Waals surface area contributed by atoms with E-state index in [2.05, 4.69) is 47.7 Å². The maximum atomic E-state index is 6.35. The third kappa shape index (κ3) is 2.98. The average molecular weight is 349 g/mol. The Labute approximate surface area is 151 Å². The van der Waals surface area contributed by atoms with E-state index in [1.54, 1.807) is 0 Å². The van der Waals surface area contributed by atoms with Crippen LogP contribution in [-0.4, -0.2) is 35.7 Å². The van der Waals surface area contributed by atoms with E-state index in [0.717, 1.165) is 26.0 Å². The molecule has 132 valence electrons. The minimum Gasteiger partial charge on any atom is -0.369 e. The summed E-state index contributed by atoms with van der Waals surface area (Å²) in [5.41, 5.74) is 4.10. The van der Waals surface area contributed by atoms with Gasteiger partial charge in [0.15, 0.2) is 0 Å². The van der Waals surface area contributed by atoms with E-state index in [0.29, 0.717) is 0 Å². The fraction of sp³-hybridized carbons (Fsp3) is 0.600. The topological polar surface area (TPSA) is 17.4 Å². The average Bonchev–Trinajstić information content (AvgIpc) is 2.89. The molecule has 3 nitrogen and oxygen atoms in total. The van der Waals surface area contributed by atoms with E-state index >= 15 is 0 Å². The second kappa shape index (κ2) is 7.07. The molecule has 1 fully saturated rings. The number of halogens is 1. The first-order chi connectivity index (χ1) is 11.2. The molecule has 1 aromatic carbocycles. The van der Waals surface area contributed by atoms with Crippen LogP contribution in [0.1, 0.15) is 43.9 Å². The molecule has 0 bridgehead atoms. The smallest absolute Gasteiger partial charge is 0.107 e. The van der Waals surface area contributed by atoms with Gasteiger partial charge in [0, 0.05) is 24.5 Å². The molecule has 1 aromatic heterocycles. The molecule has 1 unspecified atom stereocenters. The molecule has 1 atom stereocenters. The maximum absolute atomic E-state index is 6.35. The summed E-state index contributed by atoms with van der Waals surface area (Å²) < 4.78 is 8.72. The van der Waals surface area contributed by atoms with Gasteiger partial charge in [-0.25, -0.2) is 0 Å². The largest absolute Gasteiger partial charge is 0.369 e. The van der Waals surface area contributed by atoms with Crippen LogP contribution in [0.5, 0.6) is 0 Å². The van der Waals surface area contributed by atoms with Gasteiger partial charge < -0.3 is 14.2 Å². The lowest BCUT2D eigenvalue weighted by Gasteiger charge is -2.38. The van der Waals surface area contributed by atoms with Crippen LogP contribution in [-0.2, 0) is 23.8 Å². The third-order valence-corrected chi connectivity index (χ3v) is 5.84. The zero-order chi connectivity index (χ0) is 15.9. The number of hydrogen-bond acceptors (Lipinski definition) is 2. The molecule has 1 saturated heterocycles. The predicted molar refractivity (Wildman–Crippen MR) is 102 cm³/mol. The molecule has 2 aliphatic rings. The van der Waals surface area contributed by atoms with Crippen molar-refractivity contribution < 1.29 is 4.74 Å². The van der Waals surface area contributed by atoms with Gasteiger partial charge >= 0.3 is 0 Å². The molecule has 4 heteroatoms. The minimum atomic E-state index is -0.154. The first-order valence-corrected chi connectivity index (χ1v) is 9.12. The van der Waals surface area contributed by atoms with Crippen molar-refractivity contribution in [3.05, 3.63) is 35.5 Å². The Hall–Kier alpha value is -1.03. The summed E-state index contributed by atoms with van der Waals surface area (Å²) in [6.07, 6.45) is 6.24. The highest BCUT2D eigenvalue weighted by atomic mass is 35.5. The number of aromatic nitrogens is 1. The number of benzene rings is 1. The number of aryl methyl sites for hydroxylation is 1. The lowest BCUT2D eigenvalue weighted by Crippen LogP contribution is -2.39. The molecule has 0 aliphatic carbocycles. The van der Waals surface area contributed by atoms with Gasteiger partial charge in [0.05, 0.1) is 12.3 Å². The second-order valence-electron chi connectivity index (χ2n) is 7.38. The summed E-state index contributed by atoms with van der Waals surface area (Å²) in [6, 6.07) is 8.80. The molecular weight excluding hydrogens is 320 g/mol. The highest BCUT2D eigenvalue weighted by Gasteiger charge is 2.37. The van der Waals surface area contributed by atoms with Gasteiger partial charge in [-0.2, -0.15) is 0 Å². The van der Waals surface area contributed by atoms with Crippen molar-refractivity contribution in [1.29, 1.82) is 0 Å². The number of fused-ring (bicyclic) bond motifs is 3. The fourth-order valence-corrected chi connectivity index (χ4v) is 4.59. The SMILES string of the molecule is Cl.Cn1c2c(c3ccccc31)CCOC2(C)CCN1CCCCC1. The first kappa shape index (κ1) is 17.8. The minimum absolute atomic E-state index is 0. The number of para-hydroxylation sites is 1. The Balaban J connectivity index is 0.00000169. The molecule has 0 amide bonds. The van der Waals surface area contributed by atoms with Crippen LogP contribution in [0.3, 0.4) is 0 Å². The normalized spacial score (nSPS) is 24.6. The van der Waals surface area contributed by atoms with E-state index in [-0.39, 0.29) is 18.0 Å². The number of ether oxygens (including phenoxy) is 1. The highest BCUT2D eigenvalue weighted by Crippen LogP contribution is 2.40. The Morgan fingerprint density at radius 3 is 2.67 bits per heavy atom.